The zero-order valence-electron chi connectivity index (χ0n) is 18.8. The van der Waals surface area contributed by atoms with E-state index in [4.69, 9.17) is 14.5 Å². The molecule has 1 saturated carbocycles. The minimum Gasteiger partial charge on any atom is -0.365 e. The summed E-state index contributed by atoms with van der Waals surface area (Å²) in [5.41, 5.74) is -0.397. The summed E-state index contributed by atoms with van der Waals surface area (Å²) in [6, 6.07) is 2.54. The number of nitrogens with one attached hydrogen (secondary N) is 1. The molecular weight excluding hydrogens is 419 g/mol. The molecular formula is C23H33FN2O6. The van der Waals surface area contributed by atoms with Crippen LogP contribution in [0.2, 0.25) is 0 Å². The van der Waals surface area contributed by atoms with Crippen molar-refractivity contribution in [3.05, 3.63) is 24.3 Å². The lowest BCUT2D eigenvalue weighted by molar-refractivity contribution is -0.519. The molecule has 178 valence electrons. The highest BCUT2D eigenvalue weighted by molar-refractivity contribution is 5.90. The van der Waals surface area contributed by atoms with E-state index in [1.165, 1.54) is 12.3 Å². The zero-order chi connectivity index (χ0) is 23.1. The van der Waals surface area contributed by atoms with E-state index in [1.807, 2.05) is 6.92 Å². The molecule has 3 saturated heterocycles. The molecule has 4 aliphatic rings. The van der Waals surface area contributed by atoms with Gasteiger partial charge in [0, 0.05) is 31.1 Å². The number of amides is 1. The molecule has 4 heterocycles. The number of aromatic nitrogens is 1. The van der Waals surface area contributed by atoms with Crippen molar-refractivity contribution in [1.29, 1.82) is 0 Å². The monoisotopic (exact) mass is 452 g/mol. The fourth-order valence-electron chi connectivity index (χ4n) is 5.72. The molecule has 1 aromatic rings. The number of carbonyl (C=O) groups is 1. The van der Waals surface area contributed by atoms with Crippen molar-refractivity contribution in [2.24, 2.45) is 23.7 Å². The highest BCUT2D eigenvalue weighted by atomic mass is 19.1. The summed E-state index contributed by atoms with van der Waals surface area (Å²) in [5, 5.41) is 24.5. The van der Waals surface area contributed by atoms with Crippen LogP contribution in [0.5, 0.6) is 0 Å². The first kappa shape index (κ1) is 23.5. The molecule has 3 N–H and O–H groups in total. The number of rotatable bonds is 6. The van der Waals surface area contributed by atoms with Gasteiger partial charge in [-0.25, -0.2) is 14.8 Å². The molecule has 2 bridgehead atoms. The highest BCUT2D eigenvalue weighted by Gasteiger charge is 2.62. The summed E-state index contributed by atoms with van der Waals surface area (Å²) >= 11 is 0. The van der Waals surface area contributed by atoms with E-state index in [9.17, 15) is 19.4 Å². The maximum atomic E-state index is 12.9. The average Bonchev–Trinajstić information content (AvgIpc) is 3.01. The Hall–Kier alpha value is -1.65. The Morgan fingerprint density at radius 1 is 1.34 bits per heavy atom. The first-order valence-electron chi connectivity index (χ1n) is 11.4. The van der Waals surface area contributed by atoms with Crippen molar-refractivity contribution >= 4 is 11.6 Å². The van der Waals surface area contributed by atoms with Crippen molar-refractivity contribution in [2.45, 2.75) is 76.5 Å². The second-order valence-corrected chi connectivity index (χ2v) is 9.94. The highest BCUT2D eigenvalue weighted by Crippen LogP contribution is 2.56. The summed E-state index contributed by atoms with van der Waals surface area (Å²) in [6.45, 7) is 6.22. The van der Waals surface area contributed by atoms with Crippen LogP contribution in [0, 0.1) is 29.6 Å². The summed E-state index contributed by atoms with van der Waals surface area (Å²) in [5.74, 6) is -4.07. The third-order valence-electron chi connectivity index (χ3n) is 7.82. The van der Waals surface area contributed by atoms with Gasteiger partial charge in [0.05, 0.1) is 18.5 Å². The number of carbonyl (C=O) groups excluding carboxylic acids is 1. The predicted octanol–water partition coefficient (Wildman–Crippen LogP) is 3.15. The van der Waals surface area contributed by atoms with Gasteiger partial charge in [-0.05, 0) is 50.2 Å². The smallest absolute Gasteiger partial charge is 0.224 e. The molecule has 5 rings (SSSR count). The van der Waals surface area contributed by atoms with E-state index in [0.717, 1.165) is 31.7 Å². The minimum absolute atomic E-state index is 0.111. The molecule has 1 amide bonds. The Morgan fingerprint density at radius 3 is 2.78 bits per heavy atom. The molecule has 0 radical (unpaired) electrons. The normalized spacial score (nSPS) is 35.6. The van der Waals surface area contributed by atoms with Crippen LogP contribution in [0.4, 0.5) is 10.1 Å². The third kappa shape index (κ3) is 4.41. The van der Waals surface area contributed by atoms with Gasteiger partial charge in [-0.1, -0.05) is 13.8 Å². The van der Waals surface area contributed by atoms with Gasteiger partial charge in [0.1, 0.15) is 5.60 Å². The number of halogens is 1. The van der Waals surface area contributed by atoms with Gasteiger partial charge in [-0.15, -0.1) is 0 Å². The van der Waals surface area contributed by atoms with Crippen molar-refractivity contribution < 1.29 is 33.9 Å². The van der Waals surface area contributed by atoms with E-state index >= 15 is 0 Å². The van der Waals surface area contributed by atoms with Crippen LogP contribution in [0.15, 0.2) is 18.3 Å². The molecule has 0 unspecified atom stereocenters. The molecule has 3 aliphatic heterocycles. The molecule has 32 heavy (non-hydrogen) atoms. The largest absolute Gasteiger partial charge is 0.365 e. The first-order valence-corrected chi connectivity index (χ1v) is 11.4. The number of anilines is 1. The quantitative estimate of drug-likeness (QED) is 0.345. The van der Waals surface area contributed by atoms with Crippen LogP contribution in [0.3, 0.4) is 0 Å². The molecule has 1 aliphatic carbocycles. The van der Waals surface area contributed by atoms with Gasteiger partial charge in [-0.3, -0.25) is 4.79 Å². The topological polar surface area (TPSA) is 110 Å². The molecule has 9 heteroatoms. The first-order chi connectivity index (χ1) is 15.0. The van der Waals surface area contributed by atoms with Gasteiger partial charge in [0.15, 0.2) is 11.6 Å². The summed E-state index contributed by atoms with van der Waals surface area (Å²) in [4.78, 5) is 27.5. The average molecular weight is 453 g/mol. The lowest BCUT2D eigenvalue weighted by Gasteiger charge is -2.54. The van der Waals surface area contributed by atoms with Gasteiger partial charge in [-0.2, -0.15) is 4.39 Å². The SMILES string of the molecule is C[C@@H]1CC[C@@H]([C@@H](C)C(O)(O)CCC(=O)Nc2ccc(F)nc2)[C@@]23CO[C@](C)(CC[C@@H]12)OO3. The second-order valence-electron chi connectivity index (χ2n) is 9.94. The molecule has 1 aromatic heterocycles. The Balaban J connectivity index is 1.44. The van der Waals surface area contributed by atoms with Crippen molar-refractivity contribution in [1.82, 2.24) is 4.98 Å². The molecule has 6 atom stereocenters. The van der Waals surface area contributed by atoms with E-state index in [1.54, 1.807) is 6.92 Å². The van der Waals surface area contributed by atoms with Crippen LogP contribution in [-0.4, -0.2) is 44.9 Å². The van der Waals surface area contributed by atoms with Gasteiger partial charge in [0.25, 0.3) is 0 Å². The van der Waals surface area contributed by atoms with Crippen molar-refractivity contribution in [3.63, 3.8) is 0 Å². The minimum atomic E-state index is -2.08. The number of hydrogen-bond donors (Lipinski definition) is 3. The summed E-state index contributed by atoms with van der Waals surface area (Å²) in [7, 11) is 0. The number of ether oxygens (including phenoxy) is 1. The molecule has 0 aromatic carbocycles. The van der Waals surface area contributed by atoms with Crippen molar-refractivity contribution in [2.75, 3.05) is 11.9 Å². The zero-order valence-corrected chi connectivity index (χ0v) is 18.8. The van der Waals surface area contributed by atoms with Gasteiger partial charge < -0.3 is 20.3 Å². The lowest BCUT2D eigenvalue weighted by Crippen LogP contribution is -2.62. The van der Waals surface area contributed by atoms with E-state index in [2.05, 4.69) is 17.2 Å². The summed E-state index contributed by atoms with van der Waals surface area (Å²) in [6.07, 6.45) is 4.27. The van der Waals surface area contributed by atoms with Crippen LogP contribution < -0.4 is 5.32 Å². The van der Waals surface area contributed by atoms with Crippen LogP contribution in [-0.2, 0) is 19.3 Å². The van der Waals surface area contributed by atoms with E-state index in [-0.39, 0.29) is 24.7 Å². The van der Waals surface area contributed by atoms with Gasteiger partial charge >= 0.3 is 0 Å². The number of fused-ring (bicyclic) bond motifs is 3. The molecule has 1 spiro atoms. The molecule has 4 fully saturated rings. The standard InChI is InChI=1S/C23H33FN2O6/c1-14-4-6-18(22-13-30-21(3,31-32-22)10-8-17(14)22)15(2)23(28,29)11-9-20(27)26-16-5-7-19(24)25-12-16/h5,7,12,14-15,17-18,28-29H,4,6,8-11,13H2,1-3H3,(H,26,27)/t14-,15-,17+,18+,21+,22-/m1/s1. The van der Waals surface area contributed by atoms with Crippen LogP contribution in [0.25, 0.3) is 0 Å². The Labute approximate surface area is 187 Å². The number of nitrogens with zero attached hydrogens (tertiary/aromatic N) is 1. The van der Waals surface area contributed by atoms with Crippen LogP contribution >= 0.6 is 0 Å². The Morgan fingerprint density at radius 2 is 2.12 bits per heavy atom. The summed E-state index contributed by atoms with van der Waals surface area (Å²) < 4.78 is 19.0. The second kappa shape index (κ2) is 8.61. The van der Waals surface area contributed by atoms with Crippen LogP contribution in [0.1, 0.15) is 59.3 Å². The third-order valence-corrected chi connectivity index (χ3v) is 7.82. The fourth-order valence-corrected chi connectivity index (χ4v) is 5.72. The van der Waals surface area contributed by atoms with Gasteiger partial charge in [0.2, 0.25) is 11.9 Å². The number of pyridine rings is 1. The maximum Gasteiger partial charge on any atom is 0.224 e. The lowest BCUT2D eigenvalue weighted by atomic mass is 9.58. The number of aliphatic hydroxyl groups is 2. The maximum absolute atomic E-state index is 12.9. The predicted molar refractivity (Wildman–Crippen MR) is 112 cm³/mol. The Kier molecular flexibility index (Phi) is 6.32. The van der Waals surface area contributed by atoms with Crippen molar-refractivity contribution in [3.8, 4) is 0 Å². The van der Waals surface area contributed by atoms with E-state index < -0.39 is 34.9 Å². The number of hydrogen-bond acceptors (Lipinski definition) is 7. The van der Waals surface area contributed by atoms with E-state index in [0.29, 0.717) is 18.2 Å². The fraction of sp³-hybridized carbons (Fsp3) is 0.739. The molecule has 8 nitrogen and oxygen atoms in total. The Bertz CT molecular complexity index is 824.